The van der Waals surface area contributed by atoms with E-state index < -0.39 is 18.9 Å². The van der Waals surface area contributed by atoms with Crippen LogP contribution >= 0.6 is 0 Å². The Labute approximate surface area is 91.9 Å². The first-order chi connectivity index (χ1) is 7.23. The Bertz CT molecular complexity index is 375. The summed E-state index contributed by atoms with van der Waals surface area (Å²) in [5.41, 5.74) is -0.818. The van der Waals surface area contributed by atoms with Crippen LogP contribution in [-0.2, 0) is 6.18 Å². The van der Waals surface area contributed by atoms with Crippen LogP contribution < -0.4 is 5.46 Å². The van der Waals surface area contributed by atoms with Gasteiger partial charge in [-0.25, -0.2) is 0 Å². The predicted octanol–water partition coefficient (Wildman–Crippen LogP) is 1.51. The maximum Gasteiger partial charge on any atom is 0.488 e. The molecule has 0 bridgehead atoms. The standard InChI is InChI=1S/C10H12BF3O2/c1-6(2)8-4-3-7(11(15)16)5-9(8)10(12,13)14/h3-6,15-16H,1-2H3. The molecule has 1 aromatic carbocycles. The fourth-order valence-corrected chi connectivity index (χ4v) is 1.48. The van der Waals surface area contributed by atoms with Gasteiger partial charge in [-0.3, -0.25) is 0 Å². The second kappa shape index (κ2) is 4.47. The number of hydrogen-bond acceptors (Lipinski definition) is 2. The smallest absolute Gasteiger partial charge is 0.423 e. The van der Waals surface area contributed by atoms with Crippen LogP contribution in [0.15, 0.2) is 18.2 Å². The molecule has 16 heavy (non-hydrogen) atoms. The van der Waals surface area contributed by atoms with Crippen molar-refractivity contribution in [3.8, 4) is 0 Å². The van der Waals surface area contributed by atoms with Crippen LogP contribution in [0.25, 0.3) is 0 Å². The van der Waals surface area contributed by atoms with Gasteiger partial charge in [-0.15, -0.1) is 0 Å². The minimum absolute atomic E-state index is 0.150. The molecule has 1 aromatic rings. The zero-order valence-corrected chi connectivity index (χ0v) is 8.92. The molecule has 2 N–H and O–H groups in total. The lowest BCUT2D eigenvalue weighted by molar-refractivity contribution is -0.138. The molecule has 6 heteroatoms. The second-order valence-corrected chi connectivity index (χ2v) is 3.87. The van der Waals surface area contributed by atoms with E-state index in [1.807, 2.05) is 0 Å². The van der Waals surface area contributed by atoms with Crippen LogP contribution in [0, 0.1) is 0 Å². The SMILES string of the molecule is CC(C)c1ccc(B(O)O)cc1C(F)(F)F. The summed E-state index contributed by atoms with van der Waals surface area (Å²) in [5, 5.41) is 17.7. The first kappa shape index (κ1) is 13.1. The van der Waals surface area contributed by atoms with E-state index in [0.29, 0.717) is 0 Å². The van der Waals surface area contributed by atoms with E-state index in [1.54, 1.807) is 13.8 Å². The molecule has 0 saturated carbocycles. The van der Waals surface area contributed by atoms with Crippen molar-refractivity contribution in [1.82, 2.24) is 0 Å². The zero-order valence-electron chi connectivity index (χ0n) is 8.92. The Balaban J connectivity index is 3.33. The molecule has 0 amide bonds. The molecule has 0 aliphatic rings. The molecule has 0 unspecified atom stereocenters. The highest BCUT2D eigenvalue weighted by atomic mass is 19.4. The average Bonchev–Trinajstić information content (AvgIpc) is 2.15. The minimum Gasteiger partial charge on any atom is -0.423 e. The van der Waals surface area contributed by atoms with E-state index >= 15 is 0 Å². The molecule has 0 spiro atoms. The highest BCUT2D eigenvalue weighted by Crippen LogP contribution is 2.34. The van der Waals surface area contributed by atoms with Crippen molar-refractivity contribution in [1.29, 1.82) is 0 Å². The van der Waals surface area contributed by atoms with Gasteiger partial charge in [-0.1, -0.05) is 26.0 Å². The summed E-state index contributed by atoms with van der Waals surface area (Å²) in [6.07, 6.45) is -4.48. The molecule has 1 rings (SSSR count). The Morgan fingerprint density at radius 3 is 2.12 bits per heavy atom. The van der Waals surface area contributed by atoms with Crippen molar-refractivity contribution < 1.29 is 23.2 Å². The van der Waals surface area contributed by atoms with Gasteiger partial charge in [-0.2, -0.15) is 13.2 Å². The van der Waals surface area contributed by atoms with E-state index in [1.165, 1.54) is 12.1 Å². The predicted molar refractivity (Wildman–Crippen MR) is 55.4 cm³/mol. The molecule has 2 nitrogen and oxygen atoms in total. The van der Waals surface area contributed by atoms with E-state index in [4.69, 9.17) is 10.0 Å². The van der Waals surface area contributed by atoms with Crippen LogP contribution in [0.2, 0.25) is 0 Å². The van der Waals surface area contributed by atoms with Crippen molar-refractivity contribution in [2.45, 2.75) is 25.9 Å². The molecule has 88 valence electrons. The molecule has 0 heterocycles. The lowest BCUT2D eigenvalue weighted by Crippen LogP contribution is -2.31. The molecule has 0 radical (unpaired) electrons. The van der Waals surface area contributed by atoms with E-state index in [9.17, 15) is 13.2 Å². The second-order valence-electron chi connectivity index (χ2n) is 3.87. The quantitative estimate of drug-likeness (QED) is 0.758. The van der Waals surface area contributed by atoms with Crippen molar-refractivity contribution >= 4 is 12.6 Å². The summed E-state index contributed by atoms with van der Waals surface area (Å²) in [4.78, 5) is 0. The van der Waals surface area contributed by atoms with Gasteiger partial charge in [0.05, 0.1) is 5.56 Å². The molecular formula is C10H12BF3O2. The molecule has 0 aromatic heterocycles. The fraction of sp³-hybridized carbons (Fsp3) is 0.400. The highest BCUT2D eigenvalue weighted by molar-refractivity contribution is 6.58. The lowest BCUT2D eigenvalue weighted by atomic mass is 9.78. The van der Waals surface area contributed by atoms with Crippen LogP contribution in [0.3, 0.4) is 0 Å². The van der Waals surface area contributed by atoms with Crippen molar-refractivity contribution in [2.75, 3.05) is 0 Å². The van der Waals surface area contributed by atoms with E-state index in [2.05, 4.69) is 0 Å². The van der Waals surface area contributed by atoms with Gasteiger partial charge in [0.25, 0.3) is 0 Å². The number of rotatable bonds is 2. The Hall–Kier alpha value is -1.01. The minimum atomic E-state index is -4.48. The van der Waals surface area contributed by atoms with Crippen molar-refractivity contribution in [3.05, 3.63) is 29.3 Å². The molecule has 0 atom stereocenters. The number of benzene rings is 1. The maximum atomic E-state index is 12.7. The van der Waals surface area contributed by atoms with Gasteiger partial charge in [0.1, 0.15) is 0 Å². The Morgan fingerprint density at radius 1 is 1.19 bits per heavy atom. The van der Waals surface area contributed by atoms with Gasteiger partial charge in [0.15, 0.2) is 0 Å². The van der Waals surface area contributed by atoms with Crippen LogP contribution in [0.5, 0.6) is 0 Å². The molecule has 0 fully saturated rings. The van der Waals surface area contributed by atoms with Crippen molar-refractivity contribution in [2.24, 2.45) is 0 Å². The number of alkyl halides is 3. The van der Waals surface area contributed by atoms with Crippen LogP contribution in [0.1, 0.15) is 30.9 Å². The van der Waals surface area contributed by atoms with E-state index in [0.717, 1.165) is 6.07 Å². The summed E-state index contributed by atoms with van der Waals surface area (Å²) >= 11 is 0. The molecular weight excluding hydrogens is 220 g/mol. The normalized spacial score (nSPS) is 12.0. The lowest BCUT2D eigenvalue weighted by Gasteiger charge is -2.16. The van der Waals surface area contributed by atoms with Crippen LogP contribution in [0.4, 0.5) is 13.2 Å². The summed E-state index contributed by atoms with van der Waals surface area (Å²) in [6, 6.07) is 3.34. The largest absolute Gasteiger partial charge is 0.488 e. The Morgan fingerprint density at radius 2 is 1.75 bits per heavy atom. The molecule has 0 saturated heterocycles. The number of hydrogen-bond donors (Lipinski definition) is 2. The fourth-order valence-electron chi connectivity index (χ4n) is 1.48. The van der Waals surface area contributed by atoms with E-state index in [-0.39, 0.29) is 16.9 Å². The third kappa shape index (κ3) is 2.77. The molecule has 0 aliphatic heterocycles. The molecule has 0 aliphatic carbocycles. The third-order valence-corrected chi connectivity index (χ3v) is 2.30. The monoisotopic (exact) mass is 232 g/mol. The van der Waals surface area contributed by atoms with Gasteiger partial charge in [0, 0.05) is 0 Å². The zero-order chi connectivity index (χ0) is 12.5. The van der Waals surface area contributed by atoms with Gasteiger partial charge in [-0.05, 0) is 23.0 Å². The van der Waals surface area contributed by atoms with Crippen LogP contribution in [-0.4, -0.2) is 17.2 Å². The summed E-state index contributed by atoms with van der Waals surface area (Å²) in [5.74, 6) is -0.276. The maximum absolute atomic E-state index is 12.7. The summed E-state index contributed by atoms with van der Waals surface area (Å²) in [6.45, 7) is 3.30. The van der Waals surface area contributed by atoms with Gasteiger partial charge < -0.3 is 10.0 Å². The average molecular weight is 232 g/mol. The third-order valence-electron chi connectivity index (χ3n) is 2.30. The highest BCUT2D eigenvalue weighted by Gasteiger charge is 2.34. The Kier molecular flexibility index (Phi) is 3.65. The van der Waals surface area contributed by atoms with Gasteiger partial charge >= 0.3 is 13.3 Å². The summed E-state index contributed by atoms with van der Waals surface area (Å²) < 4.78 is 38.1. The first-order valence-electron chi connectivity index (χ1n) is 4.80. The summed E-state index contributed by atoms with van der Waals surface area (Å²) in [7, 11) is -1.89. The van der Waals surface area contributed by atoms with Gasteiger partial charge in [0.2, 0.25) is 0 Å². The topological polar surface area (TPSA) is 40.5 Å². The number of halogens is 3. The first-order valence-corrected chi connectivity index (χ1v) is 4.80. The van der Waals surface area contributed by atoms with Crippen molar-refractivity contribution in [3.63, 3.8) is 0 Å².